The van der Waals surface area contributed by atoms with Gasteiger partial charge in [0.2, 0.25) is 0 Å². The molecule has 0 N–H and O–H groups in total. The van der Waals surface area contributed by atoms with Crippen LogP contribution in [-0.4, -0.2) is 18.6 Å². The fourth-order valence-corrected chi connectivity index (χ4v) is 5.21. The van der Waals surface area contributed by atoms with Crippen LogP contribution in [0.15, 0.2) is 70.0 Å². The summed E-state index contributed by atoms with van der Waals surface area (Å²) >= 11 is 0. The second-order valence-corrected chi connectivity index (χ2v) is 9.06. The normalized spacial score (nSPS) is 11.7. The molecule has 0 atom stereocenters. The summed E-state index contributed by atoms with van der Waals surface area (Å²) in [6.07, 6.45) is 1.94. The van der Waals surface area contributed by atoms with Crippen LogP contribution in [0.3, 0.4) is 0 Å². The number of aryl methyl sites for hydroxylation is 3. The molecule has 3 heterocycles. The first kappa shape index (κ1) is 21.3. The van der Waals surface area contributed by atoms with Crippen molar-refractivity contribution < 1.29 is 13.9 Å². The second-order valence-electron chi connectivity index (χ2n) is 9.06. The van der Waals surface area contributed by atoms with E-state index in [2.05, 4.69) is 38.1 Å². The van der Waals surface area contributed by atoms with Crippen molar-refractivity contribution in [3.63, 3.8) is 0 Å². The summed E-state index contributed by atoms with van der Waals surface area (Å²) in [4.78, 5) is 13.4. The van der Waals surface area contributed by atoms with E-state index >= 15 is 0 Å². The number of aromatic nitrogens is 1. The van der Waals surface area contributed by atoms with Crippen LogP contribution in [0.2, 0.25) is 0 Å². The maximum absolute atomic E-state index is 13.4. The van der Waals surface area contributed by atoms with E-state index in [9.17, 15) is 4.79 Å². The van der Waals surface area contributed by atoms with E-state index < -0.39 is 0 Å². The molecule has 6 aromatic rings. The lowest BCUT2D eigenvalue weighted by Gasteiger charge is -2.11. The summed E-state index contributed by atoms with van der Waals surface area (Å²) in [5.41, 5.74) is 7.04. The van der Waals surface area contributed by atoms with Crippen molar-refractivity contribution in [2.45, 2.75) is 20.8 Å². The van der Waals surface area contributed by atoms with Crippen molar-refractivity contribution in [1.29, 1.82) is 0 Å². The van der Waals surface area contributed by atoms with E-state index in [1.807, 2.05) is 47.9 Å². The summed E-state index contributed by atoms with van der Waals surface area (Å²) < 4.78 is 19.1. The van der Waals surface area contributed by atoms with Crippen molar-refractivity contribution in [3.05, 3.63) is 87.9 Å². The molecule has 3 aromatic carbocycles. The zero-order chi connectivity index (χ0) is 24.4. The Labute approximate surface area is 202 Å². The summed E-state index contributed by atoms with van der Waals surface area (Å²) in [6.45, 7) is 6.25. The predicted octanol–water partition coefficient (Wildman–Crippen LogP) is 6.96. The smallest absolute Gasteiger partial charge is 0.361 e. The molecular formula is C30H25NO4. The molecule has 5 nitrogen and oxygen atoms in total. The van der Waals surface area contributed by atoms with Crippen LogP contribution in [0, 0.1) is 20.8 Å². The van der Waals surface area contributed by atoms with E-state index in [0.717, 1.165) is 49.5 Å². The van der Waals surface area contributed by atoms with Crippen molar-refractivity contribution in [1.82, 2.24) is 4.40 Å². The van der Waals surface area contributed by atoms with Gasteiger partial charge in [-0.25, -0.2) is 4.79 Å². The molecule has 174 valence electrons. The van der Waals surface area contributed by atoms with Crippen LogP contribution in [0.5, 0.6) is 11.5 Å². The predicted molar refractivity (Wildman–Crippen MR) is 141 cm³/mol. The Bertz CT molecular complexity index is 1870. The van der Waals surface area contributed by atoms with Crippen LogP contribution in [-0.2, 0) is 0 Å². The third-order valence-electron chi connectivity index (χ3n) is 7.08. The Hall–Kier alpha value is -4.25. The first-order valence-electron chi connectivity index (χ1n) is 11.6. The first-order chi connectivity index (χ1) is 16.9. The van der Waals surface area contributed by atoms with Crippen LogP contribution in [0.25, 0.3) is 49.3 Å². The Morgan fingerprint density at radius 1 is 0.771 bits per heavy atom. The van der Waals surface area contributed by atoms with Crippen LogP contribution >= 0.6 is 0 Å². The molecule has 6 rings (SSSR count). The zero-order valence-corrected chi connectivity index (χ0v) is 20.4. The molecule has 0 saturated carbocycles. The van der Waals surface area contributed by atoms with Gasteiger partial charge < -0.3 is 18.3 Å². The van der Waals surface area contributed by atoms with Gasteiger partial charge in [0.1, 0.15) is 22.6 Å². The fraction of sp³-hybridized carbons (Fsp3) is 0.167. The summed E-state index contributed by atoms with van der Waals surface area (Å²) in [5, 5.41) is 3.70. The van der Waals surface area contributed by atoms with E-state index in [4.69, 9.17) is 13.9 Å². The minimum atomic E-state index is -0.379. The monoisotopic (exact) mass is 463 g/mol. The minimum absolute atomic E-state index is 0.379. The lowest BCUT2D eigenvalue weighted by Crippen LogP contribution is -2.03. The standard InChI is InChI=1S/C30H25NO4/c1-16-9-10-20(13-17(16)2)25-27-26-22(33-4)7-6-8-23(26)35-30(32)29(27)31-12-11-19-15-24(34-5)18(3)14-21(19)28(25)31/h6-15H,1-5H3. The number of hydrogen-bond acceptors (Lipinski definition) is 4. The molecule has 0 aliphatic rings. The summed E-state index contributed by atoms with van der Waals surface area (Å²) in [6, 6.07) is 18.2. The van der Waals surface area contributed by atoms with E-state index in [-0.39, 0.29) is 5.63 Å². The Morgan fingerprint density at radius 2 is 1.57 bits per heavy atom. The van der Waals surface area contributed by atoms with Gasteiger partial charge in [-0.1, -0.05) is 24.3 Å². The number of pyridine rings is 1. The molecule has 0 amide bonds. The maximum Gasteiger partial charge on any atom is 0.361 e. The highest BCUT2D eigenvalue weighted by atomic mass is 16.5. The third-order valence-corrected chi connectivity index (χ3v) is 7.08. The maximum atomic E-state index is 13.4. The van der Waals surface area contributed by atoms with E-state index in [1.165, 1.54) is 11.1 Å². The van der Waals surface area contributed by atoms with E-state index in [0.29, 0.717) is 16.8 Å². The first-order valence-corrected chi connectivity index (χ1v) is 11.6. The topological polar surface area (TPSA) is 53.1 Å². The number of hydrogen-bond donors (Lipinski definition) is 0. The molecule has 0 fully saturated rings. The molecular weight excluding hydrogens is 438 g/mol. The Kier molecular flexibility index (Phi) is 4.65. The van der Waals surface area contributed by atoms with Gasteiger partial charge in [-0.05, 0) is 78.7 Å². The van der Waals surface area contributed by atoms with Gasteiger partial charge in [-0.15, -0.1) is 0 Å². The highest BCUT2D eigenvalue weighted by molar-refractivity contribution is 6.22. The van der Waals surface area contributed by atoms with Gasteiger partial charge in [0.15, 0.2) is 0 Å². The molecule has 0 radical (unpaired) electrons. The molecule has 3 aromatic heterocycles. The number of rotatable bonds is 3. The summed E-state index contributed by atoms with van der Waals surface area (Å²) in [7, 11) is 3.32. The number of ether oxygens (including phenoxy) is 2. The van der Waals surface area contributed by atoms with Crippen molar-refractivity contribution in [3.8, 4) is 22.6 Å². The van der Waals surface area contributed by atoms with Crippen molar-refractivity contribution >= 4 is 38.2 Å². The Morgan fingerprint density at radius 3 is 2.31 bits per heavy atom. The van der Waals surface area contributed by atoms with Gasteiger partial charge in [0.05, 0.1) is 25.1 Å². The number of benzene rings is 3. The Balaban J connectivity index is 1.96. The number of methoxy groups -OCH3 is 2. The van der Waals surface area contributed by atoms with Gasteiger partial charge >= 0.3 is 5.63 Å². The van der Waals surface area contributed by atoms with Gasteiger partial charge in [0, 0.05) is 22.5 Å². The second kappa shape index (κ2) is 7.64. The minimum Gasteiger partial charge on any atom is -0.496 e. The molecule has 0 spiro atoms. The molecule has 0 saturated heterocycles. The average molecular weight is 464 g/mol. The van der Waals surface area contributed by atoms with Gasteiger partial charge in [-0.3, -0.25) is 0 Å². The largest absolute Gasteiger partial charge is 0.496 e. The fourth-order valence-electron chi connectivity index (χ4n) is 5.21. The van der Waals surface area contributed by atoms with Crippen LogP contribution in [0.1, 0.15) is 16.7 Å². The zero-order valence-electron chi connectivity index (χ0n) is 20.4. The third kappa shape index (κ3) is 2.98. The van der Waals surface area contributed by atoms with Crippen molar-refractivity contribution in [2.24, 2.45) is 0 Å². The SMILES string of the molecule is COc1cc2ccn3c(c(-c4ccc(C)c(C)c4)c4c5c(OC)cccc5oc(=O)c43)c2cc1C. The number of nitrogens with zero attached hydrogens (tertiary/aromatic N) is 1. The number of fused-ring (bicyclic) bond motifs is 7. The molecule has 5 heteroatoms. The lowest BCUT2D eigenvalue weighted by atomic mass is 9.95. The molecule has 0 bridgehead atoms. The molecule has 0 aliphatic heterocycles. The van der Waals surface area contributed by atoms with Gasteiger partial charge in [-0.2, -0.15) is 0 Å². The van der Waals surface area contributed by atoms with E-state index in [1.54, 1.807) is 14.2 Å². The molecule has 0 aliphatic carbocycles. The quantitative estimate of drug-likeness (QED) is 0.266. The molecule has 35 heavy (non-hydrogen) atoms. The van der Waals surface area contributed by atoms with Crippen LogP contribution < -0.4 is 15.1 Å². The highest BCUT2D eigenvalue weighted by Crippen LogP contribution is 2.44. The van der Waals surface area contributed by atoms with Crippen LogP contribution in [0.4, 0.5) is 0 Å². The average Bonchev–Trinajstić information content (AvgIpc) is 3.21. The highest BCUT2D eigenvalue weighted by Gasteiger charge is 2.24. The molecule has 0 unspecified atom stereocenters. The summed E-state index contributed by atoms with van der Waals surface area (Å²) in [5.74, 6) is 1.50. The van der Waals surface area contributed by atoms with Crippen molar-refractivity contribution in [2.75, 3.05) is 14.2 Å². The van der Waals surface area contributed by atoms with Gasteiger partial charge in [0.25, 0.3) is 0 Å². The lowest BCUT2D eigenvalue weighted by molar-refractivity contribution is 0.412.